The van der Waals surface area contributed by atoms with E-state index >= 15 is 0 Å². The molecule has 0 aromatic carbocycles. The first-order valence-electron chi connectivity index (χ1n) is 9.58. The van der Waals surface area contributed by atoms with Crippen LogP contribution in [0.1, 0.15) is 38.0 Å². The van der Waals surface area contributed by atoms with Gasteiger partial charge in [0.25, 0.3) is 0 Å². The van der Waals surface area contributed by atoms with Crippen molar-refractivity contribution in [1.82, 2.24) is 10.6 Å². The lowest BCUT2D eigenvalue weighted by molar-refractivity contribution is -0.134. The Labute approximate surface area is 162 Å². The van der Waals surface area contributed by atoms with Gasteiger partial charge in [0.15, 0.2) is 0 Å². The minimum atomic E-state index is -4.28. The van der Waals surface area contributed by atoms with Crippen LogP contribution in [0.5, 0.6) is 0 Å². The van der Waals surface area contributed by atoms with Crippen LogP contribution in [0.2, 0.25) is 0 Å². The van der Waals surface area contributed by atoms with Gasteiger partial charge in [0.05, 0.1) is 11.0 Å². The summed E-state index contributed by atoms with van der Waals surface area (Å²) in [5.41, 5.74) is 0. The van der Waals surface area contributed by atoms with Crippen LogP contribution < -0.4 is 15.5 Å². The van der Waals surface area contributed by atoms with Crippen LogP contribution in [0.4, 0.5) is 18.2 Å². The Bertz CT molecular complexity index is 661. The van der Waals surface area contributed by atoms with E-state index in [0.29, 0.717) is 22.8 Å². The number of anilines is 1. The molecule has 1 amide bonds. The summed E-state index contributed by atoms with van der Waals surface area (Å²) in [6, 6.07) is 2.78. The molecule has 152 valence electrons. The third-order valence-corrected chi connectivity index (χ3v) is 6.92. The molecule has 0 spiro atoms. The van der Waals surface area contributed by atoms with E-state index < -0.39 is 11.1 Å². The van der Waals surface area contributed by atoms with E-state index in [2.05, 4.69) is 29.4 Å². The number of alkyl halides is 3. The molecule has 8 heteroatoms. The Kier molecular flexibility index (Phi) is 6.05. The highest BCUT2D eigenvalue weighted by atomic mass is 32.1. The number of carbonyl (C=O) groups excluding carboxylic acids is 1. The van der Waals surface area contributed by atoms with Crippen molar-refractivity contribution >= 4 is 22.2 Å². The van der Waals surface area contributed by atoms with Crippen molar-refractivity contribution in [1.29, 1.82) is 0 Å². The van der Waals surface area contributed by atoms with Crippen molar-refractivity contribution in [3.63, 3.8) is 0 Å². The molecule has 1 saturated heterocycles. The fraction of sp³-hybridized carbons (Fsp3) is 0.737. The molecular formula is C19H28F3N3OS. The number of likely N-dealkylation sites (N-methyl/N-ethyl adjacent to an activating group) is 1. The maximum absolute atomic E-state index is 12.9. The summed E-state index contributed by atoms with van der Waals surface area (Å²) < 4.78 is 38.6. The van der Waals surface area contributed by atoms with E-state index in [0.717, 1.165) is 43.7 Å². The zero-order valence-electron chi connectivity index (χ0n) is 16.0. The lowest BCUT2D eigenvalue weighted by Gasteiger charge is -2.27. The number of amides is 1. The van der Waals surface area contributed by atoms with E-state index in [1.165, 1.54) is 6.07 Å². The van der Waals surface area contributed by atoms with E-state index in [1.807, 2.05) is 0 Å². The van der Waals surface area contributed by atoms with Crippen LogP contribution in [0, 0.1) is 17.8 Å². The number of nitrogens with zero attached hydrogens (tertiary/aromatic N) is 1. The minimum absolute atomic E-state index is 0.00933. The van der Waals surface area contributed by atoms with Gasteiger partial charge >= 0.3 is 6.18 Å². The molecule has 1 aliphatic carbocycles. The van der Waals surface area contributed by atoms with Crippen molar-refractivity contribution in [3.8, 4) is 0 Å². The summed E-state index contributed by atoms with van der Waals surface area (Å²) >= 11 is 0.824. The number of hydrogen-bond acceptors (Lipinski definition) is 4. The van der Waals surface area contributed by atoms with Crippen LogP contribution in [-0.4, -0.2) is 38.1 Å². The van der Waals surface area contributed by atoms with Crippen molar-refractivity contribution in [2.75, 3.05) is 25.0 Å². The number of halogens is 3. The first-order valence-corrected chi connectivity index (χ1v) is 10.4. The third-order valence-electron chi connectivity index (χ3n) is 5.73. The monoisotopic (exact) mass is 403 g/mol. The summed E-state index contributed by atoms with van der Waals surface area (Å²) in [6.45, 7) is 5.75. The summed E-state index contributed by atoms with van der Waals surface area (Å²) in [6.07, 6.45) is -1.43. The minimum Gasteiger partial charge on any atom is -0.363 e. The molecule has 2 fully saturated rings. The lowest BCUT2D eigenvalue weighted by Crippen LogP contribution is -2.50. The van der Waals surface area contributed by atoms with Gasteiger partial charge in [-0.15, -0.1) is 11.3 Å². The maximum atomic E-state index is 12.9. The first-order chi connectivity index (χ1) is 12.7. The third kappa shape index (κ3) is 4.59. The molecule has 1 aliphatic heterocycles. The van der Waals surface area contributed by atoms with Gasteiger partial charge in [-0.3, -0.25) is 4.79 Å². The van der Waals surface area contributed by atoms with Gasteiger partial charge in [-0.1, -0.05) is 13.8 Å². The lowest BCUT2D eigenvalue weighted by atomic mass is 9.95. The Hall–Kier alpha value is -1.28. The van der Waals surface area contributed by atoms with Crippen molar-refractivity contribution in [3.05, 3.63) is 17.0 Å². The average Bonchev–Trinajstić information content (AvgIpc) is 3.28. The number of hydrogen-bond donors (Lipinski definition) is 2. The molecule has 0 bridgehead atoms. The van der Waals surface area contributed by atoms with Crippen molar-refractivity contribution < 1.29 is 18.0 Å². The molecule has 2 heterocycles. The molecule has 0 radical (unpaired) electrons. The van der Waals surface area contributed by atoms with Gasteiger partial charge in [0, 0.05) is 26.2 Å². The topological polar surface area (TPSA) is 44.4 Å². The molecule has 2 aliphatic rings. The summed E-state index contributed by atoms with van der Waals surface area (Å²) in [5, 5.41) is 6.99. The van der Waals surface area contributed by atoms with Gasteiger partial charge in [-0.2, -0.15) is 13.2 Å². The van der Waals surface area contributed by atoms with Gasteiger partial charge in [0.2, 0.25) is 5.91 Å². The maximum Gasteiger partial charge on any atom is 0.425 e. The highest BCUT2D eigenvalue weighted by Gasteiger charge is 2.44. The Morgan fingerprint density at radius 1 is 1.30 bits per heavy atom. The average molecular weight is 404 g/mol. The fourth-order valence-corrected chi connectivity index (χ4v) is 5.35. The number of rotatable bonds is 6. The van der Waals surface area contributed by atoms with E-state index in [-0.39, 0.29) is 18.0 Å². The smallest absolute Gasteiger partial charge is 0.363 e. The summed E-state index contributed by atoms with van der Waals surface area (Å²) in [5.74, 6) is 1.27. The molecule has 0 unspecified atom stereocenters. The van der Waals surface area contributed by atoms with E-state index in [1.54, 1.807) is 13.1 Å². The summed E-state index contributed by atoms with van der Waals surface area (Å²) in [4.78, 5) is 13.8. The fourth-order valence-electron chi connectivity index (χ4n) is 4.46. The van der Waals surface area contributed by atoms with Crippen LogP contribution in [0.25, 0.3) is 0 Å². The quantitative estimate of drug-likeness (QED) is 0.761. The number of carbonyl (C=O) groups is 1. The highest BCUT2D eigenvalue weighted by Crippen LogP contribution is 2.44. The van der Waals surface area contributed by atoms with E-state index in [4.69, 9.17) is 0 Å². The molecule has 1 aromatic heterocycles. The second-order valence-electron chi connectivity index (χ2n) is 8.11. The van der Waals surface area contributed by atoms with Gasteiger partial charge in [0.1, 0.15) is 4.88 Å². The molecule has 4 nitrogen and oxygen atoms in total. The summed E-state index contributed by atoms with van der Waals surface area (Å²) in [7, 11) is 1.65. The van der Waals surface area contributed by atoms with Crippen molar-refractivity contribution in [2.24, 2.45) is 17.8 Å². The number of fused-ring (bicyclic) bond motifs is 1. The highest BCUT2D eigenvalue weighted by molar-refractivity contribution is 7.16. The van der Waals surface area contributed by atoms with E-state index in [9.17, 15) is 18.0 Å². The number of nitrogens with one attached hydrogen (secondary N) is 2. The first kappa shape index (κ1) is 20.5. The molecule has 1 aromatic rings. The Morgan fingerprint density at radius 3 is 2.63 bits per heavy atom. The molecule has 4 atom stereocenters. The zero-order chi connectivity index (χ0) is 19.8. The van der Waals surface area contributed by atoms with Gasteiger partial charge in [-0.05, 0) is 49.1 Å². The van der Waals surface area contributed by atoms with Crippen LogP contribution in [-0.2, 0) is 11.0 Å². The zero-order valence-corrected chi connectivity index (χ0v) is 16.8. The SMILES string of the molecule is CNC(=O)[C@H](CC(C)C)N[C@H]1CC[C@@H]2CN(c3ccc(C(F)(F)F)s3)C[C@@H]21. The predicted octanol–water partition coefficient (Wildman–Crippen LogP) is 3.73. The second kappa shape index (κ2) is 7.99. The van der Waals surface area contributed by atoms with Crippen LogP contribution >= 0.6 is 11.3 Å². The standard InChI is InChI=1S/C19H28F3N3OS/c1-11(2)8-15(18(26)23-3)24-14-5-4-12-9-25(10-13(12)14)17-7-6-16(27-17)19(20,21)22/h6-7,11-15,24H,4-5,8-10H2,1-3H3,(H,23,26)/t12-,13+,14+,15+/m1/s1. The van der Waals surface area contributed by atoms with Crippen LogP contribution in [0.15, 0.2) is 12.1 Å². The normalized spacial score (nSPS) is 26.5. The Balaban J connectivity index is 1.65. The molecule has 27 heavy (non-hydrogen) atoms. The van der Waals surface area contributed by atoms with Gasteiger partial charge in [-0.25, -0.2) is 0 Å². The van der Waals surface area contributed by atoms with Gasteiger partial charge < -0.3 is 15.5 Å². The van der Waals surface area contributed by atoms with Crippen LogP contribution in [0.3, 0.4) is 0 Å². The molecule has 2 N–H and O–H groups in total. The molecule has 3 rings (SSSR count). The largest absolute Gasteiger partial charge is 0.425 e. The Morgan fingerprint density at radius 2 is 2.04 bits per heavy atom. The molecular weight excluding hydrogens is 375 g/mol. The predicted molar refractivity (Wildman–Crippen MR) is 102 cm³/mol. The van der Waals surface area contributed by atoms with Crippen molar-refractivity contribution in [2.45, 2.75) is 51.4 Å². The number of thiophene rings is 1. The second-order valence-corrected chi connectivity index (χ2v) is 9.17. The molecule has 1 saturated carbocycles.